The van der Waals surface area contributed by atoms with Crippen molar-refractivity contribution in [1.29, 1.82) is 0 Å². The van der Waals surface area contributed by atoms with Gasteiger partial charge in [0.15, 0.2) is 0 Å². The number of carbonyl (C=O) groups excluding carboxylic acids is 1. The third kappa shape index (κ3) is 7.51. The Balaban J connectivity index is 0.00000361. The van der Waals surface area contributed by atoms with E-state index in [1.54, 1.807) is 0 Å². The van der Waals surface area contributed by atoms with E-state index >= 15 is 0 Å². The van der Waals surface area contributed by atoms with Gasteiger partial charge in [-0.1, -0.05) is 50.1 Å². The van der Waals surface area contributed by atoms with E-state index in [4.69, 9.17) is 5.73 Å². The second-order valence-electron chi connectivity index (χ2n) is 4.90. The number of halogens is 1. The molecule has 0 spiro atoms. The molecule has 114 valence electrons. The van der Waals surface area contributed by atoms with E-state index in [1.807, 2.05) is 23.1 Å². The lowest BCUT2D eigenvalue weighted by Crippen LogP contribution is -2.32. The number of nitrogens with zero attached hydrogens (tertiary/aromatic N) is 1. The minimum absolute atomic E-state index is 0. The first-order valence-electron chi connectivity index (χ1n) is 7.29. The van der Waals surface area contributed by atoms with E-state index in [0.29, 0.717) is 19.5 Å². The summed E-state index contributed by atoms with van der Waals surface area (Å²) < 4.78 is 0. The Labute approximate surface area is 128 Å². The van der Waals surface area contributed by atoms with Crippen LogP contribution >= 0.6 is 12.4 Å². The zero-order valence-electron chi connectivity index (χ0n) is 12.4. The maximum absolute atomic E-state index is 12.2. The van der Waals surface area contributed by atoms with Gasteiger partial charge in [0.05, 0.1) is 0 Å². The number of rotatable bonds is 9. The molecule has 0 unspecified atom stereocenters. The van der Waals surface area contributed by atoms with Crippen molar-refractivity contribution in [2.75, 3.05) is 13.1 Å². The average Bonchev–Trinajstić information content (AvgIpc) is 2.44. The molecule has 0 fully saturated rings. The van der Waals surface area contributed by atoms with Gasteiger partial charge in [-0.25, -0.2) is 0 Å². The fraction of sp³-hybridized carbons (Fsp3) is 0.562. The summed E-state index contributed by atoms with van der Waals surface area (Å²) in [6, 6.07) is 10.1. The fourth-order valence-corrected chi connectivity index (χ4v) is 2.06. The van der Waals surface area contributed by atoms with Crippen LogP contribution < -0.4 is 5.73 Å². The zero-order valence-corrected chi connectivity index (χ0v) is 13.2. The molecular weight excluding hydrogens is 272 g/mol. The van der Waals surface area contributed by atoms with E-state index in [1.165, 1.54) is 5.56 Å². The van der Waals surface area contributed by atoms with Crippen molar-refractivity contribution >= 4 is 18.3 Å². The first-order valence-corrected chi connectivity index (χ1v) is 7.29. The summed E-state index contributed by atoms with van der Waals surface area (Å²) in [5.74, 6) is 0.255. The first kappa shape index (κ1) is 18.9. The van der Waals surface area contributed by atoms with Crippen LogP contribution in [-0.4, -0.2) is 23.9 Å². The van der Waals surface area contributed by atoms with Crippen LogP contribution in [0, 0.1) is 0 Å². The fourth-order valence-electron chi connectivity index (χ4n) is 2.06. The van der Waals surface area contributed by atoms with Crippen LogP contribution in [0.1, 0.15) is 44.6 Å². The van der Waals surface area contributed by atoms with Crippen LogP contribution in [0.5, 0.6) is 0 Å². The minimum Gasteiger partial charge on any atom is -0.338 e. The van der Waals surface area contributed by atoms with Crippen LogP contribution in [0.15, 0.2) is 30.3 Å². The predicted octanol–water partition coefficient (Wildman–Crippen LogP) is 3.37. The van der Waals surface area contributed by atoms with Crippen LogP contribution in [0.4, 0.5) is 0 Å². The van der Waals surface area contributed by atoms with Crippen LogP contribution in [-0.2, 0) is 11.3 Å². The molecule has 0 saturated heterocycles. The van der Waals surface area contributed by atoms with Gasteiger partial charge in [-0.3, -0.25) is 4.79 Å². The van der Waals surface area contributed by atoms with E-state index in [-0.39, 0.29) is 18.3 Å². The third-order valence-corrected chi connectivity index (χ3v) is 3.20. The SMILES string of the molecule is CCCCCC(=O)N(CCCN)Cc1ccccc1.Cl. The number of benzene rings is 1. The summed E-state index contributed by atoms with van der Waals surface area (Å²) in [6.07, 6.45) is 4.79. The number of hydrogen-bond donors (Lipinski definition) is 1. The van der Waals surface area contributed by atoms with Gasteiger partial charge in [0.2, 0.25) is 5.91 Å². The Bertz CT molecular complexity index is 357. The Morgan fingerprint density at radius 2 is 1.85 bits per heavy atom. The standard InChI is InChI=1S/C16H26N2O.ClH/c1-2-3-5-11-16(19)18(13-8-12-17)14-15-9-6-4-7-10-15;/h4,6-7,9-10H,2-3,5,8,11-14,17H2,1H3;1H. The van der Waals surface area contributed by atoms with Crippen LogP contribution in [0.3, 0.4) is 0 Å². The van der Waals surface area contributed by atoms with Gasteiger partial charge in [-0.15, -0.1) is 12.4 Å². The van der Waals surface area contributed by atoms with Gasteiger partial charge in [0, 0.05) is 19.5 Å². The van der Waals surface area contributed by atoms with Crippen molar-refractivity contribution in [3.63, 3.8) is 0 Å². The lowest BCUT2D eigenvalue weighted by molar-refractivity contribution is -0.132. The van der Waals surface area contributed by atoms with Gasteiger partial charge in [-0.2, -0.15) is 0 Å². The Morgan fingerprint density at radius 3 is 2.45 bits per heavy atom. The summed E-state index contributed by atoms with van der Waals surface area (Å²) in [5.41, 5.74) is 6.74. The molecule has 1 aromatic carbocycles. The molecule has 0 radical (unpaired) electrons. The molecule has 0 heterocycles. The van der Waals surface area contributed by atoms with E-state index in [0.717, 1.165) is 32.2 Å². The molecule has 4 heteroatoms. The zero-order chi connectivity index (χ0) is 13.9. The predicted molar refractivity (Wildman–Crippen MR) is 86.9 cm³/mol. The number of carbonyl (C=O) groups is 1. The average molecular weight is 299 g/mol. The van der Waals surface area contributed by atoms with Gasteiger partial charge in [-0.05, 0) is 24.9 Å². The largest absolute Gasteiger partial charge is 0.338 e. The molecule has 0 aromatic heterocycles. The third-order valence-electron chi connectivity index (χ3n) is 3.20. The Hall–Kier alpha value is -1.06. The molecule has 0 atom stereocenters. The van der Waals surface area contributed by atoms with Crippen LogP contribution in [0.2, 0.25) is 0 Å². The second-order valence-corrected chi connectivity index (χ2v) is 4.90. The van der Waals surface area contributed by atoms with Crippen molar-refractivity contribution in [2.45, 2.75) is 45.6 Å². The number of unbranched alkanes of at least 4 members (excludes halogenated alkanes) is 2. The molecule has 0 aliphatic carbocycles. The highest BCUT2D eigenvalue weighted by molar-refractivity contribution is 5.85. The maximum Gasteiger partial charge on any atom is 0.222 e. The Morgan fingerprint density at radius 1 is 1.15 bits per heavy atom. The molecule has 20 heavy (non-hydrogen) atoms. The summed E-state index contributed by atoms with van der Waals surface area (Å²) in [4.78, 5) is 14.2. The second kappa shape index (κ2) is 11.7. The van der Waals surface area contributed by atoms with Gasteiger partial charge >= 0.3 is 0 Å². The van der Waals surface area contributed by atoms with Crippen molar-refractivity contribution < 1.29 is 4.79 Å². The number of hydrogen-bond acceptors (Lipinski definition) is 2. The molecule has 0 bridgehead atoms. The number of nitrogens with two attached hydrogens (primary N) is 1. The first-order chi connectivity index (χ1) is 9.27. The molecule has 0 aliphatic rings. The van der Waals surface area contributed by atoms with Crippen molar-refractivity contribution in [3.05, 3.63) is 35.9 Å². The lowest BCUT2D eigenvalue weighted by atomic mass is 10.1. The molecule has 1 amide bonds. The highest BCUT2D eigenvalue weighted by atomic mass is 35.5. The van der Waals surface area contributed by atoms with E-state index in [2.05, 4.69) is 19.1 Å². The molecule has 2 N–H and O–H groups in total. The van der Waals surface area contributed by atoms with Gasteiger partial charge in [0.25, 0.3) is 0 Å². The van der Waals surface area contributed by atoms with Crippen LogP contribution in [0.25, 0.3) is 0 Å². The summed E-state index contributed by atoms with van der Waals surface area (Å²) in [5, 5.41) is 0. The smallest absolute Gasteiger partial charge is 0.222 e. The highest BCUT2D eigenvalue weighted by Gasteiger charge is 2.12. The Kier molecular flexibility index (Phi) is 11.1. The van der Waals surface area contributed by atoms with Crippen molar-refractivity contribution in [3.8, 4) is 0 Å². The summed E-state index contributed by atoms with van der Waals surface area (Å²) >= 11 is 0. The van der Waals surface area contributed by atoms with E-state index < -0.39 is 0 Å². The van der Waals surface area contributed by atoms with Gasteiger partial charge in [0.1, 0.15) is 0 Å². The molecular formula is C16H27ClN2O. The molecule has 0 aliphatic heterocycles. The topological polar surface area (TPSA) is 46.3 Å². The van der Waals surface area contributed by atoms with Crippen molar-refractivity contribution in [2.24, 2.45) is 5.73 Å². The van der Waals surface area contributed by atoms with E-state index in [9.17, 15) is 4.79 Å². The van der Waals surface area contributed by atoms with Crippen molar-refractivity contribution in [1.82, 2.24) is 4.90 Å². The summed E-state index contributed by atoms with van der Waals surface area (Å²) in [6.45, 7) is 4.25. The highest BCUT2D eigenvalue weighted by Crippen LogP contribution is 2.09. The monoisotopic (exact) mass is 298 g/mol. The van der Waals surface area contributed by atoms with Gasteiger partial charge < -0.3 is 10.6 Å². The minimum atomic E-state index is 0. The molecule has 0 saturated carbocycles. The lowest BCUT2D eigenvalue weighted by Gasteiger charge is -2.22. The molecule has 3 nitrogen and oxygen atoms in total. The quantitative estimate of drug-likeness (QED) is 0.711. The normalized spacial score (nSPS) is 9.90. The molecule has 1 rings (SSSR count). The maximum atomic E-state index is 12.2. The number of amides is 1. The molecule has 1 aromatic rings. The summed E-state index contributed by atoms with van der Waals surface area (Å²) in [7, 11) is 0.